The minimum Gasteiger partial charge on any atom is -0.395 e. The first kappa shape index (κ1) is 10.8. The second kappa shape index (κ2) is 4.32. The van der Waals surface area contributed by atoms with E-state index in [1.54, 1.807) is 0 Å². The van der Waals surface area contributed by atoms with Crippen molar-refractivity contribution in [2.75, 3.05) is 13.2 Å². The third-order valence-corrected chi connectivity index (χ3v) is 2.29. The molecule has 1 aliphatic heterocycles. The molecule has 0 amide bonds. The largest absolute Gasteiger partial charge is 0.395 e. The van der Waals surface area contributed by atoms with E-state index in [0.717, 1.165) is 0 Å². The van der Waals surface area contributed by atoms with E-state index in [1.165, 1.54) is 0 Å². The Morgan fingerprint density at radius 3 is 2.15 bits per heavy atom. The lowest BCUT2D eigenvalue weighted by molar-refractivity contribution is -0.0980. The van der Waals surface area contributed by atoms with E-state index < -0.39 is 30.5 Å². The number of hydrogen-bond acceptors (Lipinski definition) is 6. The van der Waals surface area contributed by atoms with Crippen LogP contribution in [0.15, 0.2) is 0 Å². The molecule has 0 bridgehead atoms. The standard InChI is InChI=1S/C7H15NO5/c9-2-3-5(11)7(13)6(12)4(10)1-8-3/h3-13H,1-2H2/t3-,4+,5+,6+,7+/m1/s1. The predicted molar refractivity (Wildman–Crippen MR) is 42.9 cm³/mol. The van der Waals surface area contributed by atoms with Gasteiger partial charge < -0.3 is 30.8 Å². The van der Waals surface area contributed by atoms with E-state index in [4.69, 9.17) is 5.11 Å². The minimum absolute atomic E-state index is 0.0283. The highest BCUT2D eigenvalue weighted by molar-refractivity contribution is 4.92. The highest BCUT2D eigenvalue weighted by atomic mass is 16.4. The SMILES string of the molecule is OC[C@H]1NC[C@H](O)[C@H](O)[C@@H](O)[C@H]1O. The molecule has 0 spiro atoms. The van der Waals surface area contributed by atoms with Gasteiger partial charge in [0.15, 0.2) is 0 Å². The van der Waals surface area contributed by atoms with Crippen molar-refractivity contribution in [2.24, 2.45) is 0 Å². The number of nitrogens with one attached hydrogen (secondary N) is 1. The molecule has 1 heterocycles. The van der Waals surface area contributed by atoms with Crippen LogP contribution in [-0.4, -0.2) is 69.1 Å². The summed E-state index contributed by atoms with van der Waals surface area (Å²) in [5.74, 6) is 0. The molecule has 5 atom stereocenters. The van der Waals surface area contributed by atoms with Crippen LogP contribution in [-0.2, 0) is 0 Å². The zero-order chi connectivity index (χ0) is 10.0. The van der Waals surface area contributed by atoms with Gasteiger partial charge in [-0.05, 0) is 0 Å². The molecule has 78 valence electrons. The Bertz CT molecular complexity index is 165. The van der Waals surface area contributed by atoms with Gasteiger partial charge in [-0.2, -0.15) is 0 Å². The van der Waals surface area contributed by atoms with Crippen LogP contribution in [0.4, 0.5) is 0 Å². The second-order valence-corrected chi connectivity index (χ2v) is 3.24. The van der Waals surface area contributed by atoms with Crippen molar-refractivity contribution in [3.8, 4) is 0 Å². The summed E-state index contributed by atoms with van der Waals surface area (Å²) in [5.41, 5.74) is 0. The molecule has 0 radical (unpaired) electrons. The molecule has 0 aliphatic carbocycles. The molecule has 1 aliphatic rings. The molecule has 1 saturated heterocycles. The summed E-state index contributed by atoms with van der Waals surface area (Å²) in [6.07, 6.45) is -5.25. The summed E-state index contributed by atoms with van der Waals surface area (Å²) in [5, 5.41) is 48.5. The Hall–Kier alpha value is -0.240. The second-order valence-electron chi connectivity index (χ2n) is 3.24. The minimum atomic E-state index is -1.44. The maximum atomic E-state index is 9.36. The van der Waals surface area contributed by atoms with Gasteiger partial charge in [0, 0.05) is 6.54 Å². The van der Waals surface area contributed by atoms with Crippen molar-refractivity contribution in [2.45, 2.75) is 30.5 Å². The van der Waals surface area contributed by atoms with Crippen molar-refractivity contribution in [1.29, 1.82) is 0 Å². The first-order chi connectivity index (χ1) is 6.07. The molecule has 0 saturated carbocycles. The van der Waals surface area contributed by atoms with Crippen molar-refractivity contribution >= 4 is 0 Å². The summed E-state index contributed by atoms with van der Waals surface area (Å²) in [6, 6.07) is -0.721. The van der Waals surface area contributed by atoms with E-state index in [1.807, 2.05) is 0 Å². The number of β-amino-alcohol motifs (C(OH)–C–C–N with tert-alkyl or cyclic N) is 1. The first-order valence-electron chi connectivity index (χ1n) is 4.14. The fourth-order valence-corrected chi connectivity index (χ4v) is 1.35. The molecule has 0 unspecified atom stereocenters. The van der Waals surface area contributed by atoms with Crippen molar-refractivity contribution in [1.82, 2.24) is 5.32 Å². The number of hydrogen-bond donors (Lipinski definition) is 6. The molecule has 6 nitrogen and oxygen atoms in total. The van der Waals surface area contributed by atoms with Gasteiger partial charge in [-0.3, -0.25) is 0 Å². The first-order valence-corrected chi connectivity index (χ1v) is 4.14. The number of aliphatic hydroxyl groups excluding tert-OH is 5. The summed E-state index contributed by atoms with van der Waals surface area (Å²) in [4.78, 5) is 0. The topological polar surface area (TPSA) is 113 Å². The van der Waals surface area contributed by atoms with E-state index in [0.29, 0.717) is 0 Å². The lowest BCUT2D eigenvalue weighted by atomic mass is 10.0. The Morgan fingerprint density at radius 1 is 1.00 bits per heavy atom. The summed E-state index contributed by atoms with van der Waals surface area (Å²) in [6.45, 7) is -0.335. The van der Waals surface area contributed by atoms with Crippen LogP contribution >= 0.6 is 0 Å². The molecular formula is C7H15NO5. The third-order valence-electron chi connectivity index (χ3n) is 2.29. The van der Waals surface area contributed by atoms with Crippen LogP contribution in [0.25, 0.3) is 0 Å². The van der Waals surface area contributed by atoms with Crippen molar-refractivity contribution < 1.29 is 25.5 Å². The van der Waals surface area contributed by atoms with Gasteiger partial charge in [-0.25, -0.2) is 0 Å². The summed E-state index contributed by atoms with van der Waals surface area (Å²) < 4.78 is 0. The number of aliphatic hydroxyl groups is 5. The van der Waals surface area contributed by atoms with E-state index in [9.17, 15) is 20.4 Å². The molecular weight excluding hydrogens is 178 g/mol. The van der Waals surface area contributed by atoms with Gasteiger partial charge in [0.05, 0.1) is 18.8 Å². The summed E-state index contributed by atoms with van der Waals surface area (Å²) >= 11 is 0. The molecule has 1 rings (SSSR count). The van der Waals surface area contributed by atoms with Crippen molar-refractivity contribution in [3.05, 3.63) is 0 Å². The van der Waals surface area contributed by atoms with Crippen LogP contribution in [0.1, 0.15) is 0 Å². The predicted octanol–water partition coefficient (Wildman–Crippen LogP) is -3.61. The Kier molecular flexibility index (Phi) is 3.60. The zero-order valence-electron chi connectivity index (χ0n) is 7.04. The Morgan fingerprint density at radius 2 is 1.62 bits per heavy atom. The molecule has 0 aromatic carbocycles. The lowest BCUT2D eigenvalue weighted by Gasteiger charge is -2.24. The maximum absolute atomic E-state index is 9.36. The molecule has 0 aromatic heterocycles. The number of rotatable bonds is 1. The van der Waals surface area contributed by atoms with Gasteiger partial charge >= 0.3 is 0 Å². The van der Waals surface area contributed by atoms with Gasteiger partial charge in [0.1, 0.15) is 18.3 Å². The van der Waals surface area contributed by atoms with Gasteiger partial charge in [0.25, 0.3) is 0 Å². The van der Waals surface area contributed by atoms with Gasteiger partial charge in [-0.15, -0.1) is 0 Å². The average Bonchev–Trinajstić information content (AvgIpc) is 2.22. The van der Waals surface area contributed by atoms with Gasteiger partial charge in [-0.1, -0.05) is 0 Å². The smallest absolute Gasteiger partial charge is 0.110 e. The highest BCUT2D eigenvalue weighted by Gasteiger charge is 2.37. The quantitative estimate of drug-likeness (QED) is 0.256. The van der Waals surface area contributed by atoms with E-state index in [2.05, 4.69) is 5.32 Å². The van der Waals surface area contributed by atoms with E-state index >= 15 is 0 Å². The summed E-state index contributed by atoms with van der Waals surface area (Å²) in [7, 11) is 0. The fourth-order valence-electron chi connectivity index (χ4n) is 1.35. The Balaban J connectivity index is 2.69. The van der Waals surface area contributed by atoms with E-state index in [-0.39, 0.29) is 13.2 Å². The molecule has 13 heavy (non-hydrogen) atoms. The highest BCUT2D eigenvalue weighted by Crippen LogP contribution is 2.11. The Labute approximate surface area is 75.4 Å². The van der Waals surface area contributed by atoms with Crippen molar-refractivity contribution in [3.63, 3.8) is 0 Å². The van der Waals surface area contributed by atoms with Crippen LogP contribution in [0.3, 0.4) is 0 Å². The van der Waals surface area contributed by atoms with Gasteiger partial charge in [0.2, 0.25) is 0 Å². The average molecular weight is 193 g/mol. The fraction of sp³-hybridized carbons (Fsp3) is 1.00. The van der Waals surface area contributed by atoms with Crippen LogP contribution in [0.5, 0.6) is 0 Å². The maximum Gasteiger partial charge on any atom is 0.110 e. The monoisotopic (exact) mass is 193 g/mol. The molecule has 6 N–H and O–H groups in total. The third kappa shape index (κ3) is 2.16. The molecule has 1 fully saturated rings. The van der Waals surface area contributed by atoms with Crippen LogP contribution < -0.4 is 5.32 Å². The molecule has 0 aromatic rings. The normalized spacial score (nSPS) is 47.3. The zero-order valence-corrected chi connectivity index (χ0v) is 7.04. The van der Waals surface area contributed by atoms with Crippen LogP contribution in [0.2, 0.25) is 0 Å². The lowest BCUT2D eigenvalue weighted by Crippen LogP contribution is -2.48. The molecule has 6 heteroatoms. The van der Waals surface area contributed by atoms with Crippen LogP contribution in [0, 0.1) is 0 Å².